The minimum atomic E-state index is -1.58. The molecule has 9 nitrogen and oxygen atoms in total. The summed E-state index contributed by atoms with van der Waals surface area (Å²) in [5.41, 5.74) is 0. The molecule has 0 aromatic rings. The fraction of sp³-hybridized carbons (Fsp3) is 0.810. The largest absolute Gasteiger partial charge is 0.394 e. The molecule has 9 heteroatoms. The van der Waals surface area contributed by atoms with Gasteiger partial charge in [0.2, 0.25) is 5.91 Å². The van der Waals surface area contributed by atoms with E-state index in [1.807, 2.05) is 6.08 Å². The van der Waals surface area contributed by atoms with Gasteiger partial charge in [0, 0.05) is 6.42 Å². The lowest BCUT2D eigenvalue weighted by atomic mass is 9.99. The number of amides is 1. The van der Waals surface area contributed by atoms with Gasteiger partial charge in [0.1, 0.15) is 24.4 Å². The van der Waals surface area contributed by atoms with Crippen LogP contribution in [0, 0.1) is 0 Å². The molecule has 7 unspecified atom stereocenters. The molecule has 1 aliphatic rings. The van der Waals surface area contributed by atoms with Crippen LogP contribution >= 0.6 is 0 Å². The normalized spacial score (nSPS) is 20.1. The molecule has 0 saturated carbocycles. The van der Waals surface area contributed by atoms with Gasteiger partial charge in [0.25, 0.3) is 0 Å². The highest BCUT2D eigenvalue weighted by molar-refractivity contribution is 5.76. The van der Waals surface area contributed by atoms with Crippen molar-refractivity contribution in [2.45, 2.75) is 288 Å². The molecule has 1 aliphatic heterocycles. The maximum absolute atomic E-state index is 13.0. The fourth-order valence-electron chi connectivity index (χ4n) is 8.57. The lowest BCUT2D eigenvalue weighted by molar-refractivity contribution is -0.302. The number of rotatable bonds is 47. The van der Waals surface area contributed by atoms with E-state index in [1.54, 1.807) is 6.08 Å². The monoisotopic (exact) mass is 944 g/mol. The Balaban J connectivity index is 2.30. The van der Waals surface area contributed by atoms with Crippen LogP contribution in [0.25, 0.3) is 0 Å². The van der Waals surface area contributed by atoms with Gasteiger partial charge in [-0.05, 0) is 77.0 Å². The Kier molecular flexibility index (Phi) is 44.7. The number of aliphatic hydroxyl groups is 5. The maximum Gasteiger partial charge on any atom is 0.220 e. The molecule has 1 saturated heterocycles. The Morgan fingerprint density at radius 3 is 1.34 bits per heavy atom. The predicted octanol–water partition coefficient (Wildman–Crippen LogP) is 13.5. The molecule has 390 valence electrons. The van der Waals surface area contributed by atoms with Crippen molar-refractivity contribution in [3.8, 4) is 0 Å². The van der Waals surface area contributed by atoms with Crippen molar-refractivity contribution in [2.24, 2.45) is 0 Å². The Labute approximate surface area is 411 Å². The second kappa shape index (κ2) is 47.6. The van der Waals surface area contributed by atoms with Crippen molar-refractivity contribution in [2.75, 3.05) is 13.2 Å². The average Bonchev–Trinajstić information content (AvgIpc) is 3.33. The highest BCUT2D eigenvalue weighted by atomic mass is 16.7. The van der Waals surface area contributed by atoms with Gasteiger partial charge in [0.05, 0.1) is 25.4 Å². The van der Waals surface area contributed by atoms with Crippen LogP contribution in [0.3, 0.4) is 0 Å². The Morgan fingerprint density at radius 2 is 0.896 bits per heavy atom. The quantitative estimate of drug-likeness (QED) is 0.0261. The number of carbonyl (C=O) groups excluding carboxylic acids is 1. The van der Waals surface area contributed by atoms with Gasteiger partial charge >= 0.3 is 0 Å². The van der Waals surface area contributed by atoms with Gasteiger partial charge in [-0.3, -0.25) is 4.79 Å². The Bertz CT molecular complexity index is 1230. The number of hydrogen-bond acceptors (Lipinski definition) is 8. The summed E-state index contributed by atoms with van der Waals surface area (Å²) in [5, 5.41) is 54.4. The molecule has 0 aromatic heterocycles. The highest BCUT2D eigenvalue weighted by Crippen LogP contribution is 2.23. The molecule has 0 bridgehead atoms. The summed E-state index contributed by atoms with van der Waals surface area (Å²) in [7, 11) is 0. The lowest BCUT2D eigenvalue weighted by Crippen LogP contribution is -2.60. The minimum Gasteiger partial charge on any atom is -0.394 e. The number of hydrogen-bond donors (Lipinski definition) is 6. The van der Waals surface area contributed by atoms with E-state index in [2.05, 4.69) is 67.8 Å². The predicted molar refractivity (Wildman–Crippen MR) is 281 cm³/mol. The van der Waals surface area contributed by atoms with Gasteiger partial charge in [0.15, 0.2) is 6.29 Å². The van der Waals surface area contributed by atoms with Crippen molar-refractivity contribution in [1.29, 1.82) is 0 Å². The molecule has 0 spiro atoms. The van der Waals surface area contributed by atoms with Gasteiger partial charge in [-0.2, -0.15) is 0 Å². The molecule has 6 N–H and O–H groups in total. The van der Waals surface area contributed by atoms with Crippen LogP contribution < -0.4 is 5.32 Å². The molecular formula is C58H105NO8. The first kappa shape index (κ1) is 62.9. The molecule has 1 amide bonds. The lowest BCUT2D eigenvalue weighted by Gasteiger charge is -2.40. The third-order valence-electron chi connectivity index (χ3n) is 13.0. The van der Waals surface area contributed by atoms with Gasteiger partial charge < -0.3 is 40.3 Å². The summed E-state index contributed by atoms with van der Waals surface area (Å²) < 4.78 is 11.2. The van der Waals surface area contributed by atoms with Crippen LogP contribution in [-0.2, 0) is 14.3 Å². The molecule has 1 rings (SSSR count). The zero-order valence-electron chi connectivity index (χ0n) is 43.1. The molecule has 0 aliphatic carbocycles. The summed E-state index contributed by atoms with van der Waals surface area (Å²) in [6.07, 6.45) is 57.1. The summed E-state index contributed by atoms with van der Waals surface area (Å²) >= 11 is 0. The average molecular weight is 944 g/mol. The van der Waals surface area contributed by atoms with Crippen molar-refractivity contribution in [3.63, 3.8) is 0 Å². The smallest absolute Gasteiger partial charge is 0.220 e. The van der Waals surface area contributed by atoms with Crippen LogP contribution in [0.5, 0.6) is 0 Å². The zero-order valence-corrected chi connectivity index (χ0v) is 43.1. The Morgan fingerprint density at radius 1 is 0.507 bits per heavy atom. The second-order valence-electron chi connectivity index (χ2n) is 19.4. The Hall–Kier alpha value is -2.11. The molecule has 0 aromatic carbocycles. The summed E-state index contributed by atoms with van der Waals surface area (Å²) in [6.45, 7) is 3.76. The fourth-order valence-corrected chi connectivity index (χ4v) is 8.57. The number of nitrogens with one attached hydrogen (secondary N) is 1. The second-order valence-corrected chi connectivity index (χ2v) is 19.4. The van der Waals surface area contributed by atoms with Crippen molar-refractivity contribution < 1.29 is 39.8 Å². The maximum atomic E-state index is 13.0. The molecule has 0 radical (unpaired) electrons. The SMILES string of the molecule is CCCCCCCCCCC/C=C\C/C=C\CCCCCCCCCC(=O)NC(COC1OC(CO)C(O)C(O)C1O)C(O)/C=C/CC/C=C/CC/C=C/CCCCCCCCCCCCC. The molecule has 1 fully saturated rings. The third kappa shape index (κ3) is 37.4. The molecule has 1 heterocycles. The van der Waals surface area contributed by atoms with Crippen LogP contribution in [0.15, 0.2) is 60.8 Å². The van der Waals surface area contributed by atoms with E-state index in [0.29, 0.717) is 6.42 Å². The first-order valence-corrected chi connectivity index (χ1v) is 28.0. The number of ether oxygens (including phenoxy) is 2. The number of allylic oxidation sites excluding steroid dienone is 9. The zero-order chi connectivity index (χ0) is 48.7. The van der Waals surface area contributed by atoms with Crippen LogP contribution in [0.4, 0.5) is 0 Å². The number of unbranched alkanes of at least 4 members (excludes halogenated alkanes) is 29. The van der Waals surface area contributed by atoms with Crippen LogP contribution in [0.1, 0.15) is 245 Å². The van der Waals surface area contributed by atoms with E-state index in [9.17, 15) is 30.3 Å². The summed E-state index contributed by atoms with van der Waals surface area (Å²) in [4.78, 5) is 13.0. The van der Waals surface area contributed by atoms with Crippen molar-refractivity contribution >= 4 is 5.91 Å². The molecule has 7 atom stereocenters. The summed E-state index contributed by atoms with van der Waals surface area (Å²) in [5.74, 6) is -0.198. The topological polar surface area (TPSA) is 149 Å². The van der Waals surface area contributed by atoms with Crippen molar-refractivity contribution in [1.82, 2.24) is 5.32 Å². The first-order valence-electron chi connectivity index (χ1n) is 28.0. The van der Waals surface area contributed by atoms with Gasteiger partial charge in [-0.25, -0.2) is 0 Å². The van der Waals surface area contributed by atoms with E-state index < -0.39 is 49.5 Å². The highest BCUT2D eigenvalue weighted by Gasteiger charge is 2.44. The molecule has 67 heavy (non-hydrogen) atoms. The van der Waals surface area contributed by atoms with Gasteiger partial charge in [-0.15, -0.1) is 0 Å². The molecular weight excluding hydrogens is 839 g/mol. The van der Waals surface area contributed by atoms with E-state index in [1.165, 1.54) is 161 Å². The van der Waals surface area contributed by atoms with Crippen molar-refractivity contribution in [3.05, 3.63) is 60.8 Å². The first-order chi connectivity index (χ1) is 32.8. The van der Waals surface area contributed by atoms with Crippen LogP contribution in [-0.4, -0.2) is 87.5 Å². The number of carbonyl (C=O) groups is 1. The third-order valence-corrected chi connectivity index (χ3v) is 13.0. The minimum absolute atomic E-state index is 0.198. The van der Waals surface area contributed by atoms with Crippen LogP contribution in [0.2, 0.25) is 0 Å². The summed E-state index contributed by atoms with van der Waals surface area (Å²) in [6, 6.07) is -0.835. The number of aliphatic hydroxyl groups excluding tert-OH is 5. The van der Waals surface area contributed by atoms with E-state index in [-0.39, 0.29) is 12.5 Å². The van der Waals surface area contributed by atoms with E-state index >= 15 is 0 Å². The standard InChI is InChI=1S/C58H105NO8/c1-3-5-7-9-11-13-15-17-19-21-23-25-26-28-30-32-34-36-38-40-42-44-46-48-54(62)59-51(50-66-58-57(65)56(64)55(63)53(49-60)67-58)52(61)47-45-43-41-39-37-35-33-31-29-27-24-22-20-18-16-14-12-10-8-6-4-2/h23,25,28-31,37,39,45,47,51-53,55-58,60-61,63-65H,3-22,24,26-27,32-36,38,40-44,46,48-50H2,1-2H3,(H,59,62)/b25-23-,30-28-,31-29+,39-37+,47-45+. The van der Waals surface area contributed by atoms with Gasteiger partial charge in [-0.1, -0.05) is 222 Å². The van der Waals surface area contributed by atoms with E-state index in [0.717, 1.165) is 64.2 Å². The van der Waals surface area contributed by atoms with E-state index in [4.69, 9.17) is 9.47 Å².